The lowest BCUT2D eigenvalue weighted by Crippen LogP contribution is -2.30. The monoisotopic (exact) mass is 534 g/mol. The van der Waals surface area contributed by atoms with Crippen molar-refractivity contribution in [1.82, 2.24) is 0 Å². The predicted molar refractivity (Wildman–Crippen MR) is 157 cm³/mol. The van der Waals surface area contributed by atoms with Crippen LogP contribution in [0.1, 0.15) is 119 Å². The van der Waals surface area contributed by atoms with E-state index in [9.17, 15) is 8.78 Å². The van der Waals surface area contributed by atoms with Crippen molar-refractivity contribution in [3.8, 4) is 5.75 Å². The molecule has 3 saturated carbocycles. The van der Waals surface area contributed by atoms with Gasteiger partial charge in [0.15, 0.2) is 11.6 Å². The fraction of sp³-hybridized carbons (Fsp3) is 0.611. The number of hydrogen-bond acceptors (Lipinski definition) is 1. The van der Waals surface area contributed by atoms with Crippen molar-refractivity contribution < 1.29 is 13.5 Å². The molecule has 1 nitrogen and oxygen atoms in total. The molecule has 0 amide bonds. The molecule has 0 bridgehead atoms. The van der Waals surface area contributed by atoms with Gasteiger partial charge in [-0.3, -0.25) is 0 Å². The fourth-order valence-electron chi connectivity index (χ4n) is 8.00. The molecule has 0 heterocycles. The fourth-order valence-corrected chi connectivity index (χ4v) is 8.00. The Kier molecular flexibility index (Phi) is 9.80. The topological polar surface area (TPSA) is 9.23 Å². The van der Waals surface area contributed by atoms with E-state index in [2.05, 4.69) is 37.8 Å². The zero-order valence-corrected chi connectivity index (χ0v) is 24.0. The Bertz CT molecular complexity index is 1070. The normalized spacial score (nSPS) is 29.0. The van der Waals surface area contributed by atoms with Crippen LogP contribution in [-0.2, 0) is 6.42 Å². The molecule has 0 saturated heterocycles. The molecule has 4 atom stereocenters. The summed E-state index contributed by atoms with van der Waals surface area (Å²) in [5, 5.41) is 0. The van der Waals surface area contributed by atoms with Gasteiger partial charge in [0.2, 0.25) is 5.82 Å². The minimum absolute atomic E-state index is 0.0376. The van der Waals surface area contributed by atoms with Crippen molar-refractivity contribution in [3.63, 3.8) is 0 Å². The maximum absolute atomic E-state index is 14.5. The lowest BCUT2D eigenvalue weighted by Gasteiger charge is -2.42. The Morgan fingerprint density at radius 1 is 0.769 bits per heavy atom. The maximum Gasteiger partial charge on any atom is 0.200 e. The first-order chi connectivity index (χ1) is 19.1. The zero-order valence-electron chi connectivity index (χ0n) is 24.0. The second kappa shape index (κ2) is 13.5. The lowest BCUT2D eigenvalue weighted by molar-refractivity contribution is 0.114. The number of fused-ring (bicyclic) bond motifs is 1. The van der Waals surface area contributed by atoms with Gasteiger partial charge in [0.05, 0.1) is 6.61 Å². The summed E-state index contributed by atoms with van der Waals surface area (Å²) in [6.07, 6.45) is 18.6. The highest BCUT2D eigenvalue weighted by Gasteiger charge is 2.35. The van der Waals surface area contributed by atoms with Gasteiger partial charge in [-0.05, 0) is 129 Å². The molecule has 3 aliphatic rings. The summed E-state index contributed by atoms with van der Waals surface area (Å²) in [6, 6.07) is 12.9. The molecule has 3 fully saturated rings. The highest BCUT2D eigenvalue weighted by molar-refractivity contribution is 5.32. The van der Waals surface area contributed by atoms with Crippen LogP contribution < -0.4 is 4.74 Å². The quantitative estimate of drug-likeness (QED) is 0.275. The maximum atomic E-state index is 14.5. The third-order valence-corrected chi connectivity index (χ3v) is 10.4. The van der Waals surface area contributed by atoms with Crippen LogP contribution in [0, 0.1) is 35.3 Å². The van der Waals surface area contributed by atoms with Gasteiger partial charge in [0.1, 0.15) is 0 Å². The van der Waals surface area contributed by atoms with Crippen LogP contribution in [0.25, 0.3) is 0 Å². The van der Waals surface area contributed by atoms with Gasteiger partial charge in [-0.25, -0.2) is 4.39 Å². The number of rotatable bonds is 10. The SMILES string of the molecule is C=CCCc1ccc(OCC2CCC(c3ccc(C4CCC5CC(CCC)CCC5C4)cc3)CC2)c(F)c1F. The average molecular weight is 535 g/mol. The Labute approximate surface area is 235 Å². The molecule has 0 radical (unpaired) electrons. The number of halogens is 2. The summed E-state index contributed by atoms with van der Waals surface area (Å²) in [7, 11) is 0. The third kappa shape index (κ3) is 6.95. The number of benzene rings is 2. The third-order valence-electron chi connectivity index (χ3n) is 10.4. The summed E-state index contributed by atoms with van der Waals surface area (Å²) < 4.78 is 34.6. The Hall–Kier alpha value is -2.16. The van der Waals surface area contributed by atoms with Crippen LogP contribution in [0.5, 0.6) is 5.75 Å². The molecule has 3 heteroatoms. The predicted octanol–water partition coefficient (Wildman–Crippen LogP) is 10.5. The second-order valence-electron chi connectivity index (χ2n) is 12.9. The molecule has 0 aliphatic heterocycles. The van der Waals surface area contributed by atoms with Gasteiger partial charge >= 0.3 is 0 Å². The smallest absolute Gasteiger partial charge is 0.200 e. The Balaban J connectivity index is 1.08. The molecule has 2 aromatic carbocycles. The van der Waals surface area contributed by atoms with E-state index in [-0.39, 0.29) is 5.75 Å². The minimum atomic E-state index is -0.858. The van der Waals surface area contributed by atoms with E-state index in [0.29, 0.717) is 36.8 Å². The summed E-state index contributed by atoms with van der Waals surface area (Å²) in [6.45, 7) is 6.45. The van der Waals surface area contributed by atoms with Crippen molar-refractivity contribution in [1.29, 1.82) is 0 Å². The molecule has 0 spiro atoms. The molecule has 0 N–H and O–H groups in total. The lowest BCUT2D eigenvalue weighted by atomic mass is 9.63. The van der Waals surface area contributed by atoms with Crippen molar-refractivity contribution >= 4 is 0 Å². The second-order valence-corrected chi connectivity index (χ2v) is 12.9. The van der Waals surface area contributed by atoms with Crippen LogP contribution >= 0.6 is 0 Å². The van der Waals surface area contributed by atoms with E-state index < -0.39 is 11.6 Å². The number of allylic oxidation sites excluding steroid dienone is 1. The first-order valence-corrected chi connectivity index (χ1v) is 15.9. The van der Waals surface area contributed by atoms with E-state index >= 15 is 0 Å². The van der Waals surface area contributed by atoms with Gasteiger partial charge in [-0.1, -0.05) is 62.6 Å². The van der Waals surface area contributed by atoms with E-state index in [1.54, 1.807) is 23.8 Å². The number of hydrogen-bond donors (Lipinski definition) is 0. The van der Waals surface area contributed by atoms with Crippen LogP contribution in [0.2, 0.25) is 0 Å². The molecule has 5 rings (SSSR count). The molecule has 212 valence electrons. The molecular weight excluding hydrogens is 486 g/mol. The highest BCUT2D eigenvalue weighted by Crippen LogP contribution is 2.48. The van der Waals surface area contributed by atoms with Crippen molar-refractivity contribution in [2.75, 3.05) is 6.61 Å². The standard InChI is InChI=1S/C36H48F2O/c1-3-5-7-30-20-21-34(36(38)35(30)37)39-24-26-9-11-27(12-10-26)28-14-16-29(17-15-28)32-19-18-31-22-25(6-4-2)8-13-33(31)23-32/h3,14-17,20-21,25-27,31-33H,1,4-13,18-19,22-24H2,2H3. The molecule has 4 unspecified atom stereocenters. The van der Waals surface area contributed by atoms with E-state index in [1.165, 1.54) is 56.9 Å². The largest absolute Gasteiger partial charge is 0.490 e. The van der Waals surface area contributed by atoms with Gasteiger partial charge in [0, 0.05) is 0 Å². The van der Waals surface area contributed by atoms with E-state index in [0.717, 1.165) is 49.4 Å². The van der Waals surface area contributed by atoms with Gasteiger partial charge < -0.3 is 4.74 Å². The van der Waals surface area contributed by atoms with E-state index in [4.69, 9.17) is 4.74 Å². The van der Waals surface area contributed by atoms with Crippen molar-refractivity contribution in [3.05, 3.63) is 77.4 Å². The van der Waals surface area contributed by atoms with Crippen LogP contribution in [0.4, 0.5) is 8.78 Å². The molecule has 39 heavy (non-hydrogen) atoms. The van der Waals surface area contributed by atoms with Gasteiger partial charge in [-0.2, -0.15) is 4.39 Å². The highest BCUT2D eigenvalue weighted by atomic mass is 19.2. The molecule has 3 aliphatic carbocycles. The summed E-state index contributed by atoms with van der Waals surface area (Å²) in [5.74, 6) is 3.07. The average Bonchev–Trinajstić information content (AvgIpc) is 2.98. The first kappa shape index (κ1) is 28.4. The van der Waals surface area contributed by atoms with E-state index in [1.807, 2.05) is 0 Å². The number of aryl methyl sites for hydroxylation is 1. The van der Waals surface area contributed by atoms with Crippen molar-refractivity contribution in [2.24, 2.45) is 23.7 Å². The van der Waals surface area contributed by atoms with Crippen molar-refractivity contribution in [2.45, 2.75) is 109 Å². The van der Waals surface area contributed by atoms with Crippen LogP contribution in [-0.4, -0.2) is 6.61 Å². The van der Waals surface area contributed by atoms with Gasteiger partial charge in [0.25, 0.3) is 0 Å². The summed E-state index contributed by atoms with van der Waals surface area (Å²) in [4.78, 5) is 0. The summed E-state index contributed by atoms with van der Waals surface area (Å²) >= 11 is 0. The Morgan fingerprint density at radius 2 is 1.41 bits per heavy atom. The first-order valence-electron chi connectivity index (χ1n) is 15.9. The summed E-state index contributed by atoms with van der Waals surface area (Å²) in [5.41, 5.74) is 3.41. The van der Waals surface area contributed by atoms with Crippen LogP contribution in [0.15, 0.2) is 49.1 Å². The van der Waals surface area contributed by atoms with Gasteiger partial charge in [-0.15, -0.1) is 6.58 Å². The van der Waals surface area contributed by atoms with Crippen LogP contribution in [0.3, 0.4) is 0 Å². The zero-order chi connectivity index (χ0) is 27.2. The Morgan fingerprint density at radius 3 is 2.13 bits per heavy atom. The molecule has 0 aromatic heterocycles. The molecular formula is C36H48F2O. The molecule has 2 aromatic rings. The minimum Gasteiger partial charge on any atom is -0.490 e. The number of ether oxygens (including phenoxy) is 1.